The molecule has 4 aromatic rings. The van der Waals surface area contributed by atoms with Gasteiger partial charge in [-0.2, -0.15) is 13.2 Å². The van der Waals surface area contributed by atoms with Gasteiger partial charge in [0.15, 0.2) is 0 Å². The maximum atomic E-state index is 13.3. The topological polar surface area (TPSA) is 38.3 Å². The Morgan fingerprint density at radius 2 is 1.32 bits per heavy atom. The number of halogens is 3. The molecule has 2 saturated carbocycles. The lowest BCUT2D eigenvalue weighted by Crippen LogP contribution is -2.36. The summed E-state index contributed by atoms with van der Waals surface area (Å²) < 4.78 is 45.2. The summed E-state index contributed by atoms with van der Waals surface area (Å²) in [5, 5.41) is 5.40. The fourth-order valence-corrected chi connectivity index (χ4v) is 7.57. The number of rotatable bonds is 8. The van der Waals surface area contributed by atoms with Crippen molar-refractivity contribution < 1.29 is 22.7 Å². The Morgan fingerprint density at radius 3 is 2.09 bits per heavy atom. The number of carbonyl (C=O) groups excluding carboxylic acids is 1. The van der Waals surface area contributed by atoms with Gasteiger partial charge in [-0.3, -0.25) is 4.79 Å². The quantitative estimate of drug-likeness (QED) is 0.194. The molecule has 248 valence electrons. The van der Waals surface area contributed by atoms with Gasteiger partial charge in [-0.1, -0.05) is 73.9 Å². The molecule has 0 radical (unpaired) electrons. The van der Waals surface area contributed by atoms with Crippen molar-refractivity contribution in [3.05, 3.63) is 113 Å². The molecule has 0 bridgehead atoms. The van der Waals surface area contributed by atoms with Crippen LogP contribution in [0, 0.1) is 11.8 Å². The summed E-state index contributed by atoms with van der Waals surface area (Å²) in [5.41, 5.74) is 2.46. The van der Waals surface area contributed by atoms with Gasteiger partial charge in [-0.05, 0) is 134 Å². The van der Waals surface area contributed by atoms with E-state index in [9.17, 15) is 18.0 Å². The van der Waals surface area contributed by atoms with E-state index in [1.165, 1.54) is 30.5 Å². The maximum Gasteiger partial charge on any atom is 0.416 e. The van der Waals surface area contributed by atoms with Gasteiger partial charge in [-0.15, -0.1) is 0 Å². The fraction of sp³-hybridized carbons (Fsp3) is 0.439. The molecule has 0 saturated heterocycles. The van der Waals surface area contributed by atoms with Crippen LogP contribution in [0.2, 0.25) is 0 Å². The van der Waals surface area contributed by atoms with Crippen LogP contribution in [0.25, 0.3) is 10.8 Å². The predicted octanol–water partition coefficient (Wildman–Crippen LogP) is 10.7. The van der Waals surface area contributed by atoms with Gasteiger partial charge in [0.2, 0.25) is 0 Å². The number of hydrogen-bond acceptors (Lipinski definition) is 2. The first-order valence-corrected chi connectivity index (χ1v) is 17.5. The van der Waals surface area contributed by atoms with Crippen molar-refractivity contribution in [2.75, 3.05) is 0 Å². The normalized spacial score (nSPS) is 22.5. The van der Waals surface area contributed by atoms with Gasteiger partial charge in [-0.25, -0.2) is 0 Å². The smallest absolute Gasteiger partial charge is 0.416 e. The first-order valence-electron chi connectivity index (χ1n) is 17.5. The molecular formula is C41H46F3NO2. The van der Waals surface area contributed by atoms with Gasteiger partial charge < -0.3 is 10.1 Å². The van der Waals surface area contributed by atoms with Crippen LogP contribution in [0.4, 0.5) is 13.2 Å². The van der Waals surface area contributed by atoms with E-state index in [1.54, 1.807) is 12.1 Å². The lowest BCUT2D eigenvalue weighted by molar-refractivity contribution is -0.137. The SMILES string of the molecule is O=C(NC1CCCCC(Cc2ccccc2)CC1)c1ccc2cc(OC3CCCC(Cc4ccc(C(F)(F)F)cc4)CC3)ccc2c1. The monoisotopic (exact) mass is 641 g/mol. The van der Waals surface area contributed by atoms with E-state index >= 15 is 0 Å². The molecule has 0 aliphatic heterocycles. The Hall–Kier alpha value is -3.80. The molecule has 0 heterocycles. The fourth-order valence-electron chi connectivity index (χ4n) is 7.57. The summed E-state index contributed by atoms with van der Waals surface area (Å²) in [4.78, 5) is 13.3. The van der Waals surface area contributed by atoms with E-state index in [1.807, 2.05) is 30.3 Å². The van der Waals surface area contributed by atoms with Crippen LogP contribution < -0.4 is 10.1 Å². The number of amides is 1. The van der Waals surface area contributed by atoms with E-state index in [-0.39, 0.29) is 18.1 Å². The number of alkyl halides is 3. The van der Waals surface area contributed by atoms with Crippen molar-refractivity contribution in [3.63, 3.8) is 0 Å². The zero-order valence-electron chi connectivity index (χ0n) is 27.1. The van der Waals surface area contributed by atoms with Crippen LogP contribution in [-0.2, 0) is 19.0 Å². The van der Waals surface area contributed by atoms with Crippen LogP contribution in [-0.4, -0.2) is 18.1 Å². The number of nitrogens with one attached hydrogen (secondary N) is 1. The van der Waals surface area contributed by atoms with Crippen LogP contribution in [0.1, 0.15) is 97.7 Å². The molecule has 1 amide bonds. The molecule has 6 rings (SSSR count). The van der Waals surface area contributed by atoms with Gasteiger partial charge in [0.25, 0.3) is 5.91 Å². The summed E-state index contributed by atoms with van der Waals surface area (Å²) in [5.74, 6) is 1.95. The van der Waals surface area contributed by atoms with Crippen LogP contribution in [0.15, 0.2) is 91.0 Å². The number of fused-ring (bicyclic) bond motifs is 1. The molecule has 1 N–H and O–H groups in total. The van der Waals surface area contributed by atoms with Gasteiger partial charge >= 0.3 is 6.18 Å². The van der Waals surface area contributed by atoms with Crippen molar-refractivity contribution in [2.24, 2.45) is 11.8 Å². The third-order valence-corrected chi connectivity index (χ3v) is 10.3. The Morgan fingerprint density at radius 1 is 0.660 bits per heavy atom. The van der Waals surface area contributed by atoms with Crippen molar-refractivity contribution in [2.45, 2.75) is 102 Å². The van der Waals surface area contributed by atoms with Crippen molar-refractivity contribution in [1.29, 1.82) is 0 Å². The summed E-state index contributed by atoms with van der Waals surface area (Å²) in [6.45, 7) is 0. The minimum atomic E-state index is -4.30. The third-order valence-electron chi connectivity index (χ3n) is 10.3. The van der Waals surface area contributed by atoms with Crippen molar-refractivity contribution in [1.82, 2.24) is 5.32 Å². The van der Waals surface area contributed by atoms with Crippen molar-refractivity contribution >= 4 is 16.7 Å². The van der Waals surface area contributed by atoms with E-state index in [0.29, 0.717) is 17.4 Å². The number of hydrogen-bond donors (Lipinski definition) is 1. The summed E-state index contributed by atoms with van der Waals surface area (Å²) in [7, 11) is 0. The molecule has 4 aromatic carbocycles. The Labute approximate surface area is 276 Å². The second-order valence-corrected chi connectivity index (χ2v) is 13.8. The number of carbonyl (C=O) groups is 1. The lowest BCUT2D eigenvalue weighted by Gasteiger charge is -2.26. The van der Waals surface area contributed by atoms with E-state index in [0.717, 1.165) is 92.7 Å². The van der Waals surface area contributed by atoms with Gasteiger partial charge in [0, 0.05) is 11.6 Å². The minimum absolute atomic E-state index is 0.00159. The standard InChI is InChI=1S/C41H46F3NO2/c42-41(43,44)36-20-13-32(14-21-36)26-31-10-6-12-38(23-16-31)47-39-24-19-33-27-35(18-17-34(33)28-39)40(46)45-37-11-5-4-9-30(15-22-37)25-29-7-2-1-3-8-29/h1-3,7-8,13-14,17-21,24,27-28,30-31,37-38H,4-6,9-12,15-16,22-23,25-26H2,(H,45,46). The summed E-state index contributed by atoms with van der Waals surface area (Å²) in [6.07, 6.45) is 9.54. The third kappa shape index (κ3) is 9.39. The molecule has 2 fully saturated rings. The number of ether oxygens (including phenoxy) is 1. The lowest BCUT2D eigenvalue weighted by atomic mass is 9.85. The molecule has 6 heteroatoms. The summed E-state index contributed by atoms with van der Waals surface area (Å²) in [6, 6.07) is 28.6. The van der Waals surface area contributed by atoms with Crippen LogP contribution >= 0.6 is 0 Å². The van der Waals surface area contributed by atoms with E-state index < -0.39 is 11.7 Å². The molecule has 4 atom stereocenters. The maximum absolute atomic E-state index is 13.3. The van der Waals surface area contributed by atoms with E-state index in [2.05, 4.69) is 41.7 Å². The highest BCUT2D eigenvalue weighted by Crippen LogP contribution is 2.33. The number of benzene rings is 4. The Balaban J connectivity index is 0.998. The zero-order chi connectivity index (χ0) is 32.6. The average molecular weight is 642 g/mol. The molecule has 2 aliphatic rings. The Kier molecular flexibility index (Phi) is 10.9. The predicted molar refractivity (Wildman–Crippen MR) is 183 cm³/mol. The first kappa shape index (κ1) is 33.1. The highest BCUT2D eigenvalue weighted by atomic mass is 19.4. The summed E-state index contributed by atoms with van der Waals surface area (Å²) >= 11 is 0. The van der Waals surface area contributed by atoms with E-state index in [4.69, 9.17) is 4.74 Å². The molecule has 4 unspecified atom stereocenters. The molecule has 3 nitrogen and oxygen atoms in total. The second-order valence-electron chi connectivity index (χ2n) is 13.8. The average Bonchev–Trinajstić information content (AvgIpc) is 3.28. The highest BCUT2D eigenvalue weighted by molar-refractivity contribution is 5.99. The first-order chi connectivity index (χ1) is 22.8. The highest BCUT2D eigenvalue weighted by Gasteiger charge is 2.30. The molecular weight excluding hydrogens is 595 g/mol. The zero-order valence-corrected chi connectivity index (χ0v) is 27.1. The van der Waals surface area contributed by atoms with Gasteiger partial charge in [0.05, 0.1) is 11.7 Å². The van der Waals surface area contributed by atoms with Crippen LogP contribution in [0.5, 0.6) is 5.75 Å². The Bertz CT molecular complexity index is 1600. The molecule has 0 spiro atoms. The minimum Gasteiger partial charge on any atom is -0.490 e. The molecule has 47 heavy (non-hydrogen) atoms. The van der Waals surface area contributed by atoms with Gasteiger partial charge in [0.1, 0.15) is 5.75 Å². The largest absolute Gasteiger partial charge is 0.490 e. The molecule has 0 aromatic heterocycles. The second kappa shape index (κ2) is 15.4. The van der Waals surface area contributed by atoms with Crippen molar-refractivity contribution in [3.8, 4) is 5.75 Å². The molecule has 2 aliphatic carbocycles. The van der Waals surface area contributed by atoms with Crippen LogP contribution in [0.3, 0.4) is 0 Å².